The van der Waals surface area contributed by atoms with E-state index in [0.29, 0.717) is 16.2 Å². The first kappa shape index (κ1) is 12.0. The normalized spacial score (nSPS) is 10.5. The highest BCUT2D eigenvalue weighted by Gasteiger charge is 2.05. The Bertz CT molecular complexity index is 526. The van der Waals surface area contributed by atoms with Crippen LogP contribution in [0.1, 0.15) is 5.56 Å². The Labute approximate surface area is 101 Å². The predicted octanol–water partition coefficient (Wildman–Crippen LogP) is 4.40. The molecule has 0 N–H and O–H groups in total. The van der Waals surface area contributed by atoms with E-state index < -0.39 is 11.6 Å². The summed E-state index contributed by atoms with van der Waals surface area (Å²) in [5, 5.41) is 0. The van der Waals surface area contributed by atoms with Gasteiger partial charge in [0.25, 0.3) is 0 Å². The third-order valence-corrected chi connectivity index (χ3v) is 3.29. The van der Waals surface area contributed by atoms with E-state index in [1.165, 1.54) is 23.9 Å². The van der Waals surface area contributed by atoms with Crippen LogP contribution in [0.4, 0.5) is 13.2 Å². The Hall–Kier alpha value is -1.42. The molecule has 4 heteroatoms. The van der Waals surface area contributed by atoms with Gasteiger partial charge in [-0.1, -0.05) is 18.2 Å². The minimum absolute atomic E-state index is 0.289. The molecule has 0 aliphatic rings. The highest BCUT2D eigenvalue weighted by Crippen LogP contribution is 2.25. The van der Waals surface area contributed by atoms with Crippen LogP contribution < -0.4 is 0 Å². The first-order chi connectivity index (χ1) is 8.16. The van der Waals surface area contributed by atoms with Gasteiger partial charge in [0.15, 0.2) is 11.6 Å². The molecule has 0 aliphatic carbocycles. The van der Waals surface area contributed by atoms with E-state index in [1.54, 1.807) is 18.2 Å². The van der Waals surface area contributed by atoms with Gasteiger partial charge in [-0.2, -0.15) is 0 Å². The molecule has 2 rings (SSSR count). The van der Waals surface area contributed by atoms with Gasteiger partial charge in [0, 0.05) is 10.6 Å². The summed E-state index contributed by atoms with van der Waals surface area (Å²) in [6.45, 7) is 0. The largest absolute Gasteiger partial charge is 0.207 e. The van der Waals surface area contributed by atoms with E-state index in [0.717, 1.165) is 12.1 Å². The van der Waals surface area contributed by atoms with Gasteiger partial charge in [0.1, 0.15) is 5.82 Å². The Balaban J connectivity index is 2.08. The number of thioether (sulfide) groups is 1. The summed E-state index contributed by atoms with van der Waals surface area (Å²) in [6.07, 6.45) is 0. The Kier molecular flexibility index (Phi) is 3.74. The lowest BCUT2D eigenvalue weighted by molar-refractivity contribution is 0.506. The molecule has 0 atom stereocenters. The van der Waals surface area contributed by atoms with E-state index in [-0.39, 0.29) is 5.82 Å². The highest BCUT2D eigenvalue weighted by molar-refractivity contribution is 7.98. The second-order valence-corrected chi connectivity index (χ2v) is 4.50. The lowest BCUT2D eigenvalue weighted by Crippen LogP contribution is -1.88. The van der Waals surface area contributed by atoms with E-state index in [1.807, 2.05) is 0 Å². The van der Waals surface area contributed by atoms with Gasteiger partial charge >= 0.3 is 0 Å². The van der Waals surface area contributed by atoms with Crippen molar-refractivity contribution in [2.45, 2.75) is 10.6 Å². The summed E-state index contributed by atoms with van der Waals surface area (Å²) in [5.74, 6) is -1.66. The molecule has 0 radical (unpaired) electrons. The van der Waals surface area contributed by atoms with Crippen LogP contribution in [-0.4, -0.2) is 0 Å². The SMILES string of the molecule is Fc1ccc(SCc2ccccc2F)cc1F. The smallest absolute Gasteiger partial charge is 0.159 e. The lowest BCUT2D eigenvalue weighted by Gasteiger charge is -2.03. The maximum Gasteiger partial charge on any atom is 0.159 e. The van der Waals surface area contributed by atoms with Crippen LogP contribution in [-0.2, 0) is 5.75 Å². The van der Waals surface area contributed by atoms with Crippen molar-refractivity contribution in [1.82, 2.24) is 0 Å². The van der Waals surface area contributed by atoms with E-state index in [4.69, 9.17) is 0 Å². The van der Waals surface area contributed by atoms with Crippen molar-refractivity contribution in [1.29, 1.82) is 0 Å². The van der Waals surface area contributed by atoms with E-state index in [9.17, 15) is 13.2 Å². The second kappa shape index (κ2) is 5.27. The van der Waals surface area contributed by atoms with Gasteiger partial charge in [0.05, 0.1) is 0 Å². The molecule has 2 aromatic carbocycles. The molecule has 0 nitrogen and oxygen atoms in total. The molecule has 0 aromatic heterocycles. The minimum Gasteiger partial charge on any atom is -0.207 e. The quantitative estimate of drug-likeness (QED) is 0.732. The van der Waals surface area contributed by atoms with Crippen LogP contribution in [0.2, 0.25) is 0 Å². The molecule has 0 bridgehead atoms. The highest BCUT2D eigenvalue weighted by atomic mass is 32.2. The van der Waals surface area contributed by atoms with Crippen molar-refractivity contribution >= 4 is 11.8 Å². The molecule has 88 valence electrons. The zero-order valence-corrected chi connectivity index (χ0v) is 9.61. The number of hydrogen-bond donors (Lipinski definition) is 0. The molecule has 0 heterocycles. The zero-order valence-electron chi connectivity index (χ0n) is 8.79. The van der Waals surface area contributed by atoms with Crippen LogP contribution in [0, 0.1) is 17.5 Å². The summed E-state index contributed by atoms with van der Waals surface area (Å²) in [6, 6.07) is 10.1. The monoisotopic (exact) mass is 254 g/mol. The van der Waals surface area contributed by atoms with Gasteiger partial charge in [0.2, 0.25) is 0 Å². The standard InChI is InChI=1S/C13H9F3S/c14-11-4-2-1-3-9(11)8-17-10-5-6-12(15)13(16)7-10/h1-7H,8H2. The summed E-state index contributed by atoms with van der Waals surface area (Å²) < 4.78 is 38.9. The van der Waals surface area contributed by atoms with Crippen LogP contribution in [0.3, 0.4) is 0 Å². The number of rotatable bonds is 3. The predicted molar refractivity (Wildman–Crippen MR) is 62.3 cm³/mol. The molecular formula is C13H9F3S. The molecular weight excluding hydrogens is 245 g/mol. The third kappa shape index (κ3) is 3.03. The Morgan fingerprint density at radius 1 is 0.824 bits per heavy atom. The van der Waals surface area contributed by atoms with Gasteiger partial charge in [-0.05, 0) is 29.8 Å². The average molecular weight is 254 g/mol. The molecule has 0 unspecified atom stereocenters. The van der Waals surface area contributed by atoms with Crippen LogP contribution >= 0.6 is 11.8 Å². The van der Waals surface area contributed by atoms with Gasteiger partial charge in [-0.3, -0.25) is 0 Å². The van der Waals surface area contributed by atoms with Gasteiger partial charge < -0.3 is 0 Å². The summed E-state index contributed by atoms with van der Waals surface area (Å²) in [5.41, 5.74) is 0.544. The topological polar surface area (TPSA) is 0 Å². The van der Waals surface area contributed by atoms with Gasteiger partial charge in [-0.15, -0.1) is 11.8 Å². The van der Waals surface area contributed by atoms with Crippen LogP contribution in [0.15, 0.2) is 47.4 Å². The number of halogens is 3. The fourth-order valence-corrected chi connectivity index (χ4v) is 2.25. The summed E-state index contributed by atoms with van der Waals surface area (Å²) in [7, 11) is 0. The van der Waals surface area contributed by atoms with Crippen LogP contribution in [0.5, 0.6) is 0 Å². The van der Waals surface area contributed by atoms with Crippen molar-refractivity contribution in [2.24, 2.45) is 0 Å². The van der Waals surface area contributed by atoms with Crippen molar-refractivity contribution in [3.05, 3.63) is 65.5 Å². The molecule has 2 aromatic rings. The molecule has 0 spiro atoms. The van der Waals surface area contributed by atoms with Crippen molar-refractivity contribution in [3.8, 4) is 0 Å². The second-order valence-electron chi connectivity index (χ2n) is 3.46. The zero-order chi connectivity index (χ0) is 12.3. The first-order valence-electron chi connectivity index (χ1n) is 4.98. The summed E-state index contributed by atoms with van der Waals surface area (Å²) in [4.78, 5) is 0.576. The molecule has 0 saturated carbocycles. The third-order valence-electron chi connectivity index (χ3n) is 2.24. The van der Waals surface area contributed by atoms with E-state index >= 15 is 0 Å². The molecule has 0 amide bonds. The Morgan fingerprint density at radius 3 is 2.29 bits per heavy atom. The Morgan fingerprint density at radius 2 is 1.59 bits per heavy atom. The van der Waals surface area contributed by atoms with E-state index in [2.05, 4.69) is 0 Å². The lowest BCUT2D eigenvalue weighted by atomic mass is 10.2. The molecule has 0 saturated heterocycles. The molecule has 17 heavy (non-hydrogen) atoms. The fourth-order valence-electron chi connectivity index (χ4n) is 1.34. The number of benzene rings is 2. The fraction of sp³-hybridized carbons (Fsp3) is 0.0769. The summed E-state index contributed by atoms with van der Waals surface area (Å²) >= 11 is 1.26. The van der Waals surface area contributed by atoms with Crippen molar-refractivity contribution in [3.63, 3.8) is 0 Å². The van der Waals surface area contributed by atoms with Crippen molar-refractivity contribution < 1.29 is 13.2 Å². The van der Waals surface area contributed by atoms with Crippen LogP contribution in [0.25, 0.3) is 0 Å². The average Bonchev–Trinajstić information content (AvgIpc) is 2.32. The maximum absolute atomic E-state index is 13.3. The maximum atomic E-state index is 13.3. The first-order valence-corrected chi connectivity index (χ1v) is 5.96. The minimum atomic E-state index is -0.886. The number of hydrogen-bond acceptors (Lipinski definition) is 1. The van der Waals surface area contributed by atoms with Crippen molar-refractivity contribution in [2.75, 3.05) is 0 Å². The molecule has 0 aliphatic heterocycles. The van der Waals surface area contributed by atoms with Gasteiger partial charge in [-0.25, -0.2) is 13.2 Å². The molecule has 0 fully saturated rings.